The van der Waals surface area contributed by atoms with Gasteiger partial charge in [0.15, 0.2) is 0 Å². The molecule has 0 fully saturated rings. The Morgan fingerprint density at radius 3 is 2.35 bits per heavy atom. The van der Waals surface area contributed by atoms with Crippen LogP contribution in [0.4, 0.5) is 0 Å². The van der Waals surface area contributed by atoms with Crippen LogP contribution in [-0.4, -0.2) is 20.1 Å². The molecule has 20 heavy (non-hydrogen) atoms. The Bertz CT molecular complexity index is 715. The Morgan fingerprint density at radius 2 is 1.75 bits per heavy atom. The topological polar surface area (TPSA) is 50.9 Å². The molecule has 102 valence electrons. The normalized spacial score (nSPS) is 12.7. The SMILES string of the molecule is CCC(C)c1cc(O)cc(-n2nc3ccccc3n2)c1. The molecule has 0 aliphatic rings. The van der Waals surface area contributed by atoms with Gasteiger partial charge in [-0.05, 0) is 42.2 Å². The quantitative estimate of drug-likeness (QED) is 0.788. The van der Waals surface area contributed by atoms with Gasteiger partial charge in [-0.3, -0.25) is 0 Å². The van der Waals surface area contributed by atoms with Crippen molar-refractivity contribution in [2.75, 3.05) is 0 Å². The van der Waals surface area contributed by atoms with E-state index in [0.29, 0.717) is 5.92 Å². The maximum Gasteiger partial charge on any atom is 0.118 e. The minimum atomic E-state index is 0.249. The van der Waals surface area contributed by atoms with Crippen molar-refractivity contribution in [2.45, 2.75) is 26.2 Å². The van der Waals surface area contributed by atoms with Gasteiger partial charge >= 0.3 is 0 Å². The van der Waals surface area contributed by atoms with E-state index in [1.807, 2.05) is 30.3 Å². The summed E-state index contributed by atoms with van der Waals surface area (Å²) in [6.45, 7) is 4.28. The second-order valence-electron chi connectivity index (χ2n) is 5.07. The van der Waals surface area contributed by atoms with Crippen LogP contribution in [0.3, 0.4) is 0 Å². The van der Waals surface area contributed by atoms with E-state index in [1.165, 1.54) is 0 Å². The Labute approximate surface area is 117 Å². The summed E-state index contributed by atoms with van der Waals surface area (Å²) in [7, 11) is 0. The molecule has 3 aromatic rings. The van der Waals surface area contributed by atoms with Crippen LogP contribution in [0.5, 0.6) is 5.75 Å². The molecule has 1 heterocycles. The first-order valence-corrected chi connectivity index (χ1v) is 6.84. The molecule has 0 spiro atoms. The van der Waals surface area contributed by atoms with Crippen molar-refractivity contribution in [3.63, 3.8) is 0 Å². The van der Waals surface area contributed by atoms with Crippen LogP contribution in [0.2, 0.25) is 0 Å². The number of fused-ring (bicyclic) bond motifs is 1. The summed E-state index contributed by atoms with van der Waals surface area (Å²) >= 11 is 0. The molecule has 0 aliphatic heterocycles. The standard InChI is InChI=1S/C16H17N3O/c1-3-11(2)12-8-13(10-14(20)9-12)19-17-15-6-4-5-7-16(15)18-19/h4-11,20H,3H2,1-2H3. The largest absolute Gasteiger partial charge is 0.508 e. The molecule has 0 saturated carbocycles. The van der Waals surface area contributed by atoms with Crippen molar-refractivity contribution in [3.8, 4) is 11.4 Å². The Morgan fingerprint density at radius 1 is 1.10 bits per heavy atom. The van der Waals surface area contributed by atoms with Gasteiger partial charge in [-0.15, -0.1) is 10.2 Å². The van der Waals surface area contributed by atoms with Crippen molar-refractivity contribution in [2.24, 2.45) is 0 Å². The molecule has 4 heteroatoms. The highest BCUT2D eigenvalue weighted by atomic mass is 16.3. The first-order valence-electron chi connectivity index (χ1n) is 6.84. The third-order valence-electron chi connectivity index (χ3n) is 3.62. The molecule has 1 aromatic heterocycles. The van der Waals surface area contributed by atoms with Crippen molar-refractivity contribution in [1.82, 2.24) is 15.0 Å². The van der Waals surface area contributed by atoms with E-state index in [-0.39, 0.29) is 5.75 Å². The van der Waals surface area contributed by atoms with Crippen LogP contribution in [0.25, 0.3) is 16.7 Å². The highest BCUT2D eigenvalue weighted by Gasteiger charge is 2.10. The van der Waals surface area contributed by atoms with E-state index >= 15 is 0 Å². The molecule has 2 aromatic carbocycles. The molecule has 0 bridgehead atoms. The van der Waals surface area contributed by atoms with Gasteiger partial charge in [0.05, 0.1) is 5.69 Å². The van der Waals surface area contributed by atoms with E-state index in [9.17, 15) is 5.11 Å². The zero-order valence-electron chi connectivity index (χ0n) is 11.6. The Balaban J connectivity index is 2.11. The van der Waals surface area contributed by atoms with Gasteiger partial charge < -0.3 is 5.11 Å². The molecule has 0 amide bonds. The monoisotopic (exact) mass is 267 g/mol. The maximum atomic E-state index is 9.91. The third kappa shape index (κ3) is 2.25. The van der Waals surface area contributed by atoms with Crippen molar-refractivity contribution < 1.29 is 5.11 Å². The Kier molecular flexibility index (Phi) is 3.14. The van der Waals surface area contributed by atoms with Crippen molar-refractivity contribution in [3.05, 3.63) is 48.0 Å². The molecule has 3 rings (SSSR count). The summed E-state index contributed by atoms with van der Waals surface area (Å²) in [6.07, 6.45) is 1.03. The molecule has 0 radical (unpaired) electrons. The fourth-order valence-electron chi connectivity index (χ4n) is 2.23. The molecular formula is C16H17N3O. The van der Waals surface area contributed by atoms with Gasteiger partial charge in [-0.25, -0.2) is 0 Å². The lowest BCUT2D eigenvalue weighted by molar-refractivity contribution is 0.472. The van der Waals surface area contributed by atoms with Crippen LogP contribution in [-0.2, 0) is 0 Å². The number of rotatable bonds is 3. The zero-order chi connectivity index (χ0) is 14.1. The van der Waals surface area contributed by atoms with Gasteiger partial charge in [-0.1, -0.05) is 26.0 Å². The van der Waals surface area contributed by atoms with E-state index in [0.717, 1.165) is 28.7 Å². The molecule has 4 nitrogen and oxygen atoms in total. The fraction of sp³-hybridized carbons (Fsp3) is 0.250. The number of phenols is 1. The molecule has 1 unspecified atom stereocenters. The summed E-state index contributed by atoms with van der Waals surface area (Å²) < 4.78 is 0. The van der Waals surface area contributed by atoms with E-state index in [2.05, 4.69) is 24.0 Å². The first kappa shape index (κ1) is 12.7. The smallest absolute Gasteiger partial charge is 0.118 e. The van der Waals surface area contributed by atoms with Crippen LogP contribution in [0, 0.1) is 0 Å². The average molecular weight is 267 g/mol. The lowest BCUT2D eigenvalue weighted by atomic mass is 9.98. The molecule has 1 N–H and O–H groups in total. The lowest BCUT2D eigenvalue weighted by Gasteiger charge is -2.11. The highest BCUT2D eigenvalue weighted by Crippen LogP contribution is 2.26. The second-order valence-corrected chi connectivity index (χ2v) is 5.07. The van der Waals surface area contributed by atoms with Gasteiger partial charge in [0.25, 0.3) is 0 Å². The number of aromatic hydroxyl groups is 1. The number of hydrogen-bond acceptors (Lipinski definition) is 3. The lowest BCUT2D eigenvalue weighted by Crippen LogP contribution is -2.01. The van der Waals surface area contributed by atoms with Gasteiger partial charge in [0.1, 0.15) is 16.8 Å². The summed E-state index contributed by atoms with van der Waals surface area (Å²) in [5.74, 6) is 0.644. The predicted octanol–water partition coefficient (Wildman–Crippen LogP) is 3.64. The van der Waals surface area contributed by atoms with E-state index in [4.69, 9.17) is 0 Å². The number of nitrogens with zero attached hydrogens (tertiary/aromatic N) is 3. The number of aromatic nitrogens is 3. The highest BCUT2D eigenvalue weighted by molar-refractivity contribution is 5.73. The van der Waals surface area contributed by atoms with E-state index < -0.39 is 0 Å². The minimum absolute atomic E-state index is 0.249. The van der Waals surface area contributed by atoms with Gasteiger partial charge in [0, 0.05) is 6.07 Å². The summed E-state index contributed by atoms with van der Waals surface area (Å²) in [6, 6.07) is 13.3. The summed E-state index contributed by atoms with van der Waals surface area (Å²) in [5, 5.41) is 18.8. The van der Waals surface area contributed by atoms with Gasteiger partial charge in [0.2, 0.25) is 0 Å². The molecule has 0 saturated heterocycles. The molecular weight excluding hydrogens is 250 g/mol. The summed E-state index contributed by atoms with van der Waals surface area (Å²) in [5.41, 5.74) is 3.59. The predicted molar refractivity (Wildman–Crippen MR) is 79.2 cm³/mol. The second kappa shape index (κ2) is 4.96. The average Bonchev–Trinajstić information content (AvgIpc) is 2.89. The minimum Gasteiger partial charge on any atom is -0.508 e. The van der Waals surface area contributed by atoms with E-state index in [1.54, 1.807) is 16.9 Å². The maximum absolute atomic E-state index is 9.91. The number of benzene rings is 2. The fourth-order valence-corrected chi connectivity index (χ4v) is 2.23. The van der Waals surface area contributed by atoms with Crippen molar-refractivity contribution >= 4 is 11.0 Å². The number of hydrogen-bond donors (Lipinski definition) is 1. The van der Waals surface area contributed by atoms with Gasteiger partial charge in [-0.2, -0.15) is 4.80 Å². The zero-order valence-corrected chi connectivity index (χ0v) is 11.6. The Hall–Kier alpha value is -2.36. The van der Waals surface area contributed by atoms with Crippen LogP contribution in [0.15, 0.2) is 42.5 Å². The van der Waals surface area contributed by atoms with Crippen molar-refractivity contribution in [1.29, 1.82) is 0 Å². The molecule has 0 aliphatic carbocycles. The van der Waals surface area contributed by atoms with Crippen LogP contribution in [0.1, 0.15) is 31.7 Å². The molecule has 1 atom stereocenters. The van der Waals surface area contributed by atoms with Crippen LogP contribution >= 0.6 is 0 Å². The van der Waals surface area contributed by atoms with Crippen LogP contribution < -0.4 is 0 Å². The number of phenolic OH excluding ortho intramolecular Hbond substituents is 1. The third-order valence-corrected chi connectivity index (χ3v) is 3.62. The summed E-state index contributed by atoms with van der Waals surface area (Å²) in [4.78, 5) is 1.58. The first-order chi connectivity index (χ1) is 9.67.